The maximum absolute atomic E-state index is 9.11. The van der Waals surface area contributed by atoms with Gasteiger partial charge in [0, 0.05) is 18.8 Å². The molecule has 0 aromatic heterocycles. The van der Waals surface area contributed by atoms with Crippen molar-refractivity contribution in [3.05, 3.63) is 29.3 Å². The molecule has 1 aromatic carbocycles. The summed E-state index contributed by atoms with van der Waals surface area (Å²) in [7, 11) is 0. The molecule has 98 valence electrons. The van der Waals surface area contributed by atoms with Crippen LogP contribution in [0.3, 0.4) is 0 Å². The summed E-state index contributed by atoms with van der Waals surface area (Å²) in [5.74, 6) is 0. The molecule has 0 saturated heterocycles. The number of rotatable bonds is 7. The van der Waals surface area contributed by atoms with E-state index < -0.39 is 0 Å². The lowest BCUT2D eigenvalue weighted by Crippen LogP contribution is -2.25. The molecule has 0 aliphatic heterocycles. The molecule has 0 atom stereocenters. The Morgan fingerprint density at radius 1 is 1.11 bits per heavy atom. The zero-order valence-corrected chi connectivity index (χ0v) is 11.9. The maximum atomic E-state index is 9.11. The monoisotopic (exact) mass is 244 g/mol. The Labute approximate surface area is 111 Å². The van der Waals surface area contributed by atoms with Gasteiger partial charge in [-0.3, -0.25) is 0 Å². The molecule has 0 spiro atoms. The molecular formula is C16H24N2. The Balaban J connectivity index is 2.86. The number of benzene rings is 1. The Morgan fingerprint density at radius 2 is 1.72 bits per heavy atom. The SMILES string of the molecule is CCCCN(CCCC)c1ccc(C)c(C#N)c1. The topological polar surface area (TPSA) is 27.0 Å². The number of hydrogen-bond acceptors (Lipinski definition) is 2. The Kier molecular flexibility index (Phi) is 6.28. The average Bonchev–Trinajstić information content (AvgIpc) is 2.40. The first kappa shape index (κ1) is 14.6. The van der Waals surface area contributed by atoms with E-state index >= 15 is 0 Å². The van der Waals surface area contributed by atoms with Crippen LogP contribution >= 0.6 is 0 Å². The van der Waals surface area contributed by atoms with Crippen LogP contribution in [0.25, 0.3) is 0 Å². The smallest absolute Gasteiger partial charge is 0.0995 e. The summed E-state index contributed by atoms with van der Waals surface area (Å²) in [6, 6.07) is 8.50. The highest BCUT2D eigenvalue weighted by Gasteiger charge is 2.07. The van der Waals surface area contributed by atoms with Gasteiger partial charge in [-0.25, -0.2) is 0 Å². The number of hydrogen-bond donors (Lipinski definition) is 0. The van der Waals surface area contributed by atoms with E-state index in [0.29, 0.717) is 0 Å². The van der Waals surface area contributed by atoms with Gasteiger partial charge in [0.25, 0.3) is 0 Å². The molecule has 0 aliphatic carbocycles. The number of aryl methyl sites for hydroxylation is 1. The van der Waals surface area contributed by atoms with Gasteiger partial charge in [-0.2, -0.15) is 5.26 Å². The minimum atomic E-state index is 0.797. The van der Waals surface area contributed by atoms with Crippen molar-refractivity contribution in [1.29, 1.82) is 5.26 Å². The Bertz CT molecular complexity index is 396. The quantitative estimate of drug-likeness (QED) is 0.716. The minimum absolute atomic E-state index is 0.797. The second kappa shape index (κ2) is 7.76. The van der Waals surface area contributed by atoms with Crippen molar-refractivity contribution in [1.82, 2.24) is 0 Å². The van der Waals surface area contributed by atoms with Crippen LogP contribution in [0.4, 0.5) is 5.69 Å². The van der Waals surface area contributed by atoms with E-state index in [4.69, 9.17) is 5.26 Å². The molecular weight excluding hydrogens is 220 g/mol. The van der Waals surface area contributed by atoms with Crippen LogP contribution in [0.15, 0.2) is 18.2 Å². The molecule has 0 fully saturated rings. The van der Waals surface area contributed by atoms with Gasteiger partial charge in [0.1, 0.15) is 0 Å². The molecule has 0 radical (unpaired) electrons. The van der Waals surface area contributed by atoms with Gasteiger partial charge in [0.2, 0.25) is 0 Å². The summed E-state index contributed by atoms with van der Waals surface area (Å²) in [6.45, 7) is 8.60. The van der Waals surface area contributed by atoms with E-state index in [2.05, 4.69) is 36.9 Å². The molecule has 0 N–H and O–H groups in total. The lowest BCUT2D eigenvalue weighted by atomic mass is 10.1. The van der Waals surface area contributed by atoms with E-state index in [-0.39, 0.29) is 0 Å². The zero-order valence-electron chi connectivity index (χ0n) is 11.9. The molecule has 0 saturated carbocycles. The van der Waals surface area contributed by atoms with Gasteiger partial charge in [0.15, 0.2) is 0 Å². The van der Waals surface area contributed by atoms with Crippen LogP contribution in [0, 0.1) is 18.3 Å². The predicted molar refractivity (Wildman–Crippen MR) is 77.9 cm³/mol. The van der Waals surface area contributed by atoms with Crippen molar-refractivity contribution in [2.24, 2.45) is 0 Å². The zero-order chi connectivity index (χ0) is 13.4. The van der Waals surface area contributed by atoms with Crippen LogP contribution in [0.1, 0.15) is 50.7 Å². The van der Waals surface area contributed by atoms with Crippen molar-refractivity contribution in [2.45, 2.75) is 46.5 Å². The van der Waals surface area contributed by atoms with Gasteiger partial charge in [0.05, 0.1) is 11.6 Å². The first-order valence-electron chi connectivity index (χ1n) is 6.98. The summed E-state index contributed by atoms with van der Waals surface area (Å²) in [4.78, 5) is 2.41. The fraction of sp³-hybridized carbons (Fsp3) is 0.562. The highest BCUT2D eigenvalue weighted by Crippen LogP contribution is 2.20. The van der Waals surface area contributed by atoms with Crippen molar-refractivity contribution < 1.29 is 0 Å². The van der Waals surface area contributed by atoms with Gasteiger partial charge in [-0.1, -0.05) is 32.8 Å². The van der Waals surface area contributed by atoms with Crippen LogP contribution in [0.5, 0.6) is 0 Å². The Morgan fingerprint density at radius 3 is 2.22 bits per heavy atom. The highest BCUT2D eigenvalue weighted by molar-refractivity contribution is 5.54. The van der Waals surface area contributed by atoms with E-state index in [9.17, 15) is 0 Å². The van der Waals surface area contributed by atoms with Crippen molar-refractivity contribution in [3.8, 4) is 6.07 Å². The first-order chi connectivity index (χ1) is 8.72. The molecule has 2 heteroatoms. The maximum Gasteiger partial charge on any atom is 0.0995 e. The third-order valence-electron chi connectivity index (χ3n) is 3.27. The van der Waals surface area contributed by atoms with Crippen LogP contribution in [-0.2, 0) is 0 Å². The largest absolute Gasteiger partial charge is 0.372 e. The van der Waals surface area contributed by atoms with Crippen LogP contribution < -0.4 is 4.90 Å². The standard InChI is InChI=1S/C16H24N2/c1-4-6-10-18(11-7-5-2)16-9-8-14(3)15(12-16)13-17/h8-9,12H,4-7,10-11H2,1-3H3. The molecule has 0 unspecified atom stereocenters. The number of anilines is 1. The third-order valence-corrected chi connectivity index (χ3v) is 3.27. The summed E-state index contributed by atoms with van der Waals surface area (Å²) < 4.78 is 0. The van der Waals surface area contributed by atoms with Gasteiger partial charge < -0.3 is 4.90 Å². The highest BCUT2D eigenvalue weighted by atomic mass is 15.1. The molecule has 0 amide bonds. The average molecular weight is 244 g/mol. The second-order valence-corrected chi connectivity index (χ2v) is 4.81. The summed E-state index contributed by atoms with van der Waals surface area (Å²) >= 11 is 0. The fourth-order valence-corrected chi connectivity index (χ4v) is 2.00. The summed E-state index contributed by atoms with van der Waals surface area (Å²) in [5, 5.41) is 9.11. The second-order valence-electron chi connectivity index (χ2n) is 4.81. The number of unbranched alkanes of at least 4 members (excludes halogenated alkanes) is 2. The molecule has 0 aliphatic rings. The van der Waals surface area contributed by atoms with E-state index in [1.807, 2.05) is 13.0 Å². The van der Waals surface area contributed by atoms with E-state index in [0.717, 1.165) is 24.2 Å². The molecule has 18 heavy (non-hydrogen) atoms. The van der Waals surface area contributed by atoms with Crippen LogP contribution in [-0.4, -0.2) is 13.1 Å². The molecule has 0 heterocycles. The molecule has 1 rings (SSSR count). The van der Waals surface area contributed by atoms with Crippen molar-refractivity contribution >= 4 is 5.69 Å². The summed E-state index contributed by atoms with van der Waals surface area (Å²) in [5.41, 5.74) is 3.05. The van der Waals surface area contributed by atoms with Gasteiger partial charge >= 0.3 is 0 Å². The molecule has 1 aromatic rings. The lowest BCUT2D eigenvalue weighted by molar-refractivity contribution is 0.678. The summed E-state index contributed by atoms with van der Waals surface area (Å²) in [6.07, 6.45) is 4.83. The van der Waals surface area contributed by atoms with Gasteiger partial charge in [-0.05, 0) is 37.5 Å². The third kappa shape index (κ3) is 4.07. The molecule has 0 bridgehead atoms. The van der Waals surface area contributed by atoms with Gasteiger partial charge in [-0.15, -0.1) is 0 Å². The minimum Gasteiger partial charge on any atom is -0.372 e. The number of nitrogens with zero attached hydrogens (tertiary/aromatic N) is 2. The normalized spacial score (nSPS) is 10.1. The van der Waals surface area contributed by atoms with Crippen molar-refractivity contribution in [2.75, 3.05) is 18.0 Å². The van der Waals surface area contributed by atoms with E-state index in [1.165, 1.54) is 31.4 Å². The Hall–Kier alpha value is -1.49. The lowest BCUT2D eigenvalue weighted by Gasteiger charge is -2.25. The van der Waals surface area contributed by atoms with E-state index in [1.54, 1.807) is 0 Å². The van der Waals surface area contributed by atoms with Crippen molar-refractivity contribution in [3.63, 3.8) is 0 Å². The molecule has 2 nitrogen and oxygen atoms in total. The predicted octanol–water partition coefficient (Wildman–Crippen LogP) is 4.27. The number of nitriles is 1. The first-order valence-corrected chi connectivity index (χ1v) is 6.98. The van der Waals surface area contributed by atoms with Crippen LogP contribution in [0.2, 0.25) is 0 Å². The fourth-order valence-electron chi connectivity index (χ4n) is 2.00.